The predicted molar refractivity (Wildman–Crippen MR) is 52.5 cm³/mol. The van der Waals surface area contributed by atoms with Crippen LogP contribution in [0.4, 0.5) is 8.78 Å². The average molecular weight is 205 g/mol. The highest BCUT2D eigenvalue weighted by Gasteiger charge is 2.43. The van der Waals surface area contributed by atoms with Crippen molar-refractivity contribution in [1.29, 1.82) is 0 Å². The standard InChI is InChI=1S/C9H17F2N3/c1-2-13-8(12)14-6-7-4-3-5-9(7,10)11/h7H,2-6H2,1H3,(H3,12,13,14). The fourth-order valence-corrected chi connectivity index (χ4v) is 1.67. The molecule has 5 heteroatoms. The molecule has 1 aliphatic rings. The number of nitrogens with two attached hydrogens (primary N) is 1. The van der Waals surface area contributed by atoms with Crippen molar-refractivity contribution >= 4 is 5.96 Å². The first-order valence-electron chi connectivity index (χ1n) is 4.98. The minimum absolute atomic E-state index is 0.00566. The van der Waals surface area contributed by atoms with Crippen LogP contribution in [0.2, 0.25) is 0 Å². The van der Waals surface area contributed by atoms with Gasteiger partial charge in [0.25, 0.3) is 5.92 Å². The van der Waals surface area contributed by atoms with E-state index in [-0.39, 0.29) is 18.9 Å². The molecule has 1 aliphatic carbocycles. The van der Waals surface area contributed by atoms with Gasteiger partial charge in [0.15, 0.2) is 5.96 Å². The lowest BCUT2D eigenvalue weighted by atomic mass is 10.1. The first-order valence-corrected chi connectivity index (χ1v) is 4.98. The van der Waals surface area contributed by atoms with E-state index in [1.54, 1.807) is 0 Å². The number of hydrogen-bond donors (Lipinski definition) is 2. The van der Waals surface area contributed by atoms with Crippen LogP contribution in [0.5, 0.6) is 0 Å². The number of rotatable bonds is 3. The van der Waals surface area contributed by atoms with Crippen molar-refractivity contribution in [2.75, 3.05) is 13.1 Å². The molecule has 0 heterocycles. The number of nitrogens with one attached hydrogen (secondary N) is 1. The molecule has 0 saturated heterocycles. The molecule has 0 radical (unpaired) electrons. The molecule has 0 bridgehead atoms. The van der Waals surface area contributed by atoms with Gasteiger partial charge in [-0.3, -0.25) is 4.99 Å². The molecule has 3 nitrogen and oxygen atoms in total. The molecule has 1 atom stereocenters. The van der Waals surface area contributed by atoms with E-state index < -0.39 is 11.8 Å². The quantitative estimate of drug-likeness (QED) is 0.539. The average Bonchev–Trinajstić information content (AvgIpc) is 2.42. The highest BCUT2D eigenvalue weighted by atomic mass is 19.3. The van der Waals surface area contributed by atoms with Gasteiger partial charge in [-0.1, -0.05) is 0 Å². The molecule has 0 amide bonds. The summed E-state index contributed by atoms with van der Waals surface area (Å²) in [7, 11) is 0. The van der Waals surface area contributed by atoms with Gasteiger partial charge in [-0.05, 0) is 19.8 Å². The van der Waals surface area contributed by atoms with Crippen LogP contribution < -0.4 is 11.1 Å². The summed E-state index contributed by atoms with van der Waals surface area (Å²) in [5.74, 6) is -2.91. The third-order valence-electron chi connectivity index (χ3n) is 2.50. The first-order chi connectivity index (χ1) is 6.56. The van der Waals surface area contributed by atoms with E-state index in [2.05, 4.69) is 10.3 Å². The Hall–Kier alpha value is -0.870. The summed E-state index contributed by atoms with van der Waals surface area (Å²) < 4.78 is 26.2. The number of nitrogens with zero attached hydrogens (tertiary/aromatic N) is 1. The zero-order valence-electron chi connectivity index (χ0n) is 8.39. The van der Waals surface area contributed by atoms with Crippen LogP contribution in [0.15, 0.2) is 4.99 Å². The molecule has 1 unspecified atom stereocenters. The number of aliphatic imine (C=N–C) groups is 1. The zero-order valence-corrected chi connectivity index (χ0v) is 8.39. The smallest absolute Gasteiger partial charge is 0.252 e. The minimum Gasteiger partial charge on any atom is -0.370 e. The van der Waals surface area contributed by atoms with Crippen LogP contribution in [0.1, 0.15) is 26.2 Å². The van der Waals surface area contributed by atoms with Crippen LogP contribution in [-0.4, -0.2) is 25.0 Å². The Labute approximate surface area is 82.8 Å². The van der Waals surface area contributed by atoms with Gasteiger partial charge >= 0.3 is 0 Å². The van der Waals surface area contributed by atoms with Crippen LogP contribution >= 0.6 is 0 Å². The van der Waals surface area contributed by atoms with E-state index in [0.29, 0.717) is 19.4 Å². The predicted octanol–water partition coefficient (Wildman–Crippen LogP) is 1.35. The maximum atomic E-state index is 13.1. The Morgan fingerprint density at radius 2 is 2.36 bits per heavy atom. The lowest BCUT2D eigenvalue weighted by Gasteiger charge is -2.16. The lowest BCUT2D eigenvalue weighted by Crippen LogP contribution is -2.33. The summed E-state index contributed by atoms with van der Waals surface area (Å²) in [6.07, 6.45) is 1.14. The third-order valence-corrected chi connectivity index (χ3v) is 2.50. The summed E-state index contributed by atoms with van der Waals surface area (Å²) in [5.41, 5.74) is 5.44. The van der Waals surface area contributed by atoms with Crippen molar-refractivity contribution in [3.05, 3.63) is 0 Å². The second-order valence-electron chi connectivity index (χ2n) is 3.61. The normalized spacial score (nSPS) is 26.5. The molecule has 3 N–H and O–H groups in total. The fraction of sp³-hybridized carbons (Fsp3) is 0.889. The van der Waals surface area contributed by atoms with Crippen molar-refractivity contribution < 1.29 is 8.78 Å². The molecule has 0 aromatic rings. The minimum atomic E-state index is -2.55. The Balaban J connectivity index is 2.41. The van der Waals surface area contributed by atoms with E-state index in [1.165, 1.54) is 0 Å². The molecule has 0 spiro atoms. The van der Waals surface area contributed by atoms with E-state index in [1.807, 2.05) is 6.92 Å². The Morgan fingerprint density at radius 1 is 1.64 bits per heavy atom. The lowest BCUT2D eigenvalue weighted by molar-refractivity contribution is -0.0330. The van der Waals surface area contributed by atoms with Crippen molar-refractivity contribution in [2.45, 2.75) is 32.1 Å². The van der Waals surface area contributed by atoms with E-state index in [4.69, 9.17) is 5.73 Å². The molecule has 1 rings (SSSR count). The second-order valence-corrected chi connectivity index (χ2v) is 3.61. The molecular weight excluding hydrogens is 188 g/mol. The van der Waals surface area contributed by atoms with Gasteiger partial charge in [-0.15, -0.1) is 0 Å². The summed E-state index contributed by atoms with van der Waals surface area (Å²) in [6, 6.07) is 0. The molecule has 0 aromatic heterocycles. The van der Waals surface area contributed by atoms with E-state index in [9.17, 15) is 8.78 Å². The van der Waals surface area contributed by atoms with Crippen LogP contribution in [0.25, 0.3) is 0 Å². The number of alkyl halides is 2. The highest BCUT2D eigenvalue weighted by molar-refractivity contribution is 5.77. The van der Waals surface area contributed by atoms with Gasteiger partial charge in [0.1, 0.15) is 0 Å². The SMILES string of the molecule is CCNC(N)=NCC1CCCC1(F)F. The van der Waals surface area contributed by atoms with Crippen LogP contribution in [0, 0.1) is 5.92 Å². The summed E-state index contributed by atoms with van der Waals surface area (Å²) in [4.78, 5) is 3.89. The molecule has 82 valence electrons. The van der Waals surface area contributed by atoms with Crippen molar-refractivity contribution in [3.63, 3.8) is 0 Å². The van der Waals surface area contributed by atoms with Crippen molar-refractivity contribution in [3.8, 4) is 0 Å². The maximum absolute atomic E-state index is 13.1. The largest absolute Gasteiger partial charge is 0.370 e. The van der Waals surface area contributed by atoms with Crippen LogP contribution in [-0.2, 0) is 0 Å². The molecule has 0 aliphatic heterocycles. The molecular formula is C9H17F2N3. The topological polar surface area (TPSA) is 50.4 Å². The summed E-state index contributed by atoms with van der Waals surface area (Å²) >= 11 is 0. The zero-order chi connectivity index (χ0) is 10.6. The van der Waals surface area contributed by atoms with Gasteiger partial charge in [0.05, 0.1) is 6.54 Å². The molecule has 14 heavy (non-hydrogen) atoms. The van der Waals surface area contributed by atoms with Gasteiger partial charge in [0, 0.05) is 18.9 Å². The third kappa shape index (κ3) is 2.82. The molecule has 1 fully saturated rings. The number of hydrogen-bond acceptors (Lipinski definition) is 1. The fourth-order valence-electron chi connectivity index (χ4n) is 1.67. The van der Waals surface area contributed by atoms with Gasteiger partial charge < -0.3 is 11.1 Å². The summed E-state index contributed by atoms with van der Waals surface area (Å²) in [5, 5.41) is 2.78. The van der Waals surface area contributed by atoms with Gasteiger partial charge in [-0.2, -0.15) is 0 Å². The van der Waals surface area contributed by atoms with Crippen LogP contribution in [0.3, 0.4) is 0 Å². The number of guanidine groups is 1. The van der Waals surface area contributed by atoms with Gasteiger partial charge in [-0.25, -0.2) is 8.78 Å². The first kappa shape index (κ1) is 11.2. The van der Waals surface area contributed by atoms with Gasteiger partial charge in [0.2, 0.25) is 0 Å². The Kier molecular flexibility index (Phi) is 3.66. The van der Waals surface area contributed by atoms with Crippen molar-refractivity contribution in [1.82, 2.24) is 5.32 Å². The molecule has 0 aromatic carbocycles. The monoisotopic (exact) mass is 205 g/mol. The highest BCUT2D eigenvalue weighted by Crippen LogP contribution is 2.40. The molecule has 1 saturated carbocycles. The Bertz CT molecular complexity index is 216. The van der Waals surface area contributed by atoms with E-state index >= 15 is 0 Å². The summed E-state index contributed by atoms with van der Waals surface area (Å²) in [6.45, 7) is 2.68. The van der Waals surface area contributed by atoms with Crippen molar-refractivity contribution in [2.24, 2.45) is 16.6 Å². The van der Waals surface area contributed by atoms with E-state index in [0.717, 1.165) is 0 Å². The Morgan fingerprint density at radius 3 is 2.86 bits per heavy atom. The maximum Gasteiger partial charge on any atom is 0.252 e. The second kappa shape index (κ2) is 4.57. The number of halogens is 2.